The number of nitrogens with two attached hydrogens (primary N) is 1. The van der Waals surface area contributed by atoms with Crippen LogP contribution in [0.2, 0.25) is 5.02 Å². The summed E-state index contributed by atoms with van der Waals surface area (Å²) in [7, 11) is 0. The fourth-order valence-corrected chi connectivity index (χ4v) is 2.35. The molecule has 1 heterocycles. The van der Waals surface area contributed by atoms with Crippen molar-refractivity contribution in [3.05, 3.63) is 51.5 Å². The van der Waals surface area contributed by atoms with Crippen molar-refractivity contribution in [2.24, 2.45) is 5.73 Å². The standard InChI is InChI=1S/C13H13BrClN3O/c1-8(13(16)19)18-5-4-17-12(18)7-9-2-3-11(15)10(14)6-9/h2-6,8H,7H2,1H3,(H2,16,19). The molecule has 4 nitrogen and oxygen atoms in total. The van der Waals surface area contributed by atoms with E-state index in [0.29, 0.717) is 11.4 Å². The fourth-order valence-electron chi connectivity index (χ4n) is 1.80. The van der Waals surface area contributed by atoms with E-state index in [4.69, 9.17) is 17.3 Å². The average molecular weight is 343 g/mol. The molecular formula is C13H13BrClN3O. The Bertz CT molecular complexity index is 612. The van der Waals surface area contributed by atoms with Gasteiger partial charge in [0.05, 0.1) is 5.02 Å². The number of carbonyl (C=O) groups is 1. The van der Waals surface area contributed by atoms with Crippen LogP contribution in [-0.2, 0) is 11.2 Å². The number of aromatic nitrogens is 2. The van der Waals surface area contributed by atoms with Crippen molar-refractivity contribution in [3.63, 3.8) is 0 Å². The van der Waals surface area contributed by atoms with Gasteiger partial charge in [0, 0.05) is 23.3 Å². The summed E-state index contributed by atoms with van der Waals surface area (Å²) in [4.78, 5) is 15.5. The van der Waals surface area contributed by atoms with Crippen molar-refractivity contribution < 1.29 is 4.79 Å². The molecule has 0 aliphatic carbocycles. The highest BCUT2D eigenvalue weighted by Gasteiger charge is 2.15. The smallest absolute Gasteiger partial charge is 0.240 e. The minimum Gasteiger partial charge on any atom is -0.368 e. The van der Waals surface area contributed by atoms with E-state index in [1.165, 1.54) is 0 Å². The van der Waals surface area contributed by atoms with Gasteiger partial charge < -0.3 is 10.3 Å². The summed E-state index contributed by atoms with van der Waals surface area (Å²) in [5.41, 5.74) is 6.38. The minimum atomic E-state index is -0.409. The number of nitrogens with zero attached hydrogens (tertiary/aromatic N) is 2. The summed E-state index contributed by atoms with van der Waals surface area (Å²) in [6.07, 6.45) is 4.04. The number of hydrogen-bond acceptors (Lipinski definition) is 2. The zero-order chi connectivity index (χ0) is 14.0. The fraction of sp³-hybridized carbons (Fsp3) is 0.231. The van der Waals surface area contributed by atoms with Gasteiger partial charge in [0.25, 0.3) is 0 Å². The molecule has 2 N–H and O–H groups in total. The zero-order valence-electron chi connectivity index (χ0n) is 10.3. The molecule has 0 radical (unpaired) electrons. The van der Waals surface area contributed by atoms with E-state index in [0.717, 1.165) is 15.9 Å². The summed E-state index contributed by atoms with van der Waals surface area (Å²) >= 11 is 9.34. The third kappa shape index (κ3) is 3.16. The van der Waals surface area contributed by atoms with Crippen LogP contribution in [0.4, 0.5) is 0 Å². The summed E-state index contributed by atoms with van der Waals surface area (Å²) in [5, 5.41) is 0.664. The number of halogens is 2. The number of primary amides is 1. The first-order valence-corrected chi connectivity index (χ1v) is 6.91. The maximum Gasteiger partial charge on any atom is 0.240 e. The number of carbonyl (C=O) groups excluding carboxylic acids is 1. The van der Waals surface area contributed by atoms with Crippen molar-refractivity contribution in [2.75, 3.05) is 0 Å². The van der Waals surface area contributed by atoms with Crippen LogP contribution in [-0.4, -0.2) is 15.5 Å². The van der Waals surface area contributed by atoms with E-state index < -0.39 is 6.04 Å². The Morgan fingerprint density at radius 3 is 2.95 bits per heavy atom. The molecule has 2 aromatic rings. The first-order chi connectivity index (χ1) is 8.99. The average Bonchev–Trinajstić information content (AvgIpc) is 2.81. The molecule has 0 saturated heterocycles. The van der Waals surface area contributed by atoms with Gasteiger partial charge in [-0.25, -0.2) is 4.98 Å². The summed E-state index contributed by atoms with van der Waals surface area (Å²) < 4.78 is 2.62. The Kier molecular flexibility index (Phi) is 4.27. The van der Waals surface area contributed by atoms with Crippen LogP contribution in [0.1, 0.15) is 24.4 Å². The van der Waals surface area contributed by atoms with Crippen LogP contribution in [0.25, 0.3) is 0 Å². The Hall–Kier alpha value is -1.33. The summed E-state index contributed by atoms with van der Waals surface area (Å²) in [6, 6.07) is 5.29. The monoisotopic (exact) mass is 341 g/mol. The van der Waals surface area contributed by atoms with Crippen LogP contribution >= 0.6 is 27.5 Å². The molecule has 0 saturated carbocycles. The number of hydrogen-bond donors (Lipinski definition) is 1. The number of amides is 1. The Morgan fingerprint density at radius 2 is 2.32 bits per heavy atom. The highest BCUT2D eigenvalue weighted by molar-refractivity contribution is 9.10. The molecule has 1 aromatic carbocycles. The second-order valence-corrected chi connectivity index (χ2v) is 5.52. The number of imidazole rings is 1. The molecule has 1 atom stereocenters. The van der Waals surface area contributed by atoms with E-state index in [1.54, 1.807) is 23.9 Å². The van der Waals surface area contributed by atoms with Gasteiger partial charge in [-0.2, -0.15) is 0 Å². The quantitative estimate of drug-likeness (QED) is 0.928. The molecule has 1 aromatic heterocycles. The molecule has 100 valence electrons. The Morgan fingerprint density at radius 1 is 1.58 bits per heavy atom. The lowest BCUT2D eigenvalue weighted by molar-refractivity contribution is -0.120. The molecule has 0 fully saturated rings. The van der Waals surface area contributed by atoms with E-state index in [9.17, 15) is 4.79 Å². The third-order valence-electron chi connectivity index (χ3n) is 2.92. The van der Waals surface area contributed by atoms with Gasteiger partial charge in [0.15, 0.2) is 0 Å². The van der Waals surface area contributed by atoms with Gasteiger partial charge >= 0.3 is 0 Å². The summed E-state index contributed by atoms with van der Waals surface area (Å²) in [5.74, 6) is 0.414. The predicted molar refractivity (Wildman–Crippen MR) is 78.1 cm³/mol. The van der Waals surface area contributed by atoms with Crippen molar-refractivity contribution >= 4 is 33.4 Å². The van der Waals surface area contributed by atoms with Crippen molar-refractivity contribution in [2.45, 2.75) is 19.4 Å². The van der Waals surface area contributed by atoms with Gasteiger partial charge in [0.1, 0.15) is 11.9 Å². The predicted octanol–water partition coefficient (Wildman–Crippen LogP) is 2.94. The molecule has 6 heteroatoms. The molecule has 1 amide bonds. The van der Waals surface area contributed by atoms with Gasteiger partial charge in [-0.3, -0.25) is 4.79 Å². The third-order valence-corrected chi connectivity index (χ3v) is 4.14. The lowest BCUT2D eigenvalue weighted by Crippen LogP contribution is -2.25. The topological polar surface area (TPSA) is 60.9 Å². The van der Waals surface area contributed by atoms with Crippen LogP contribution < -0.4 is 5.73 Å². The molecular weight excluding hydrogens is 330 g/mol. The number of benzene rings is 1. The first-order valence-electron chi connectivity index (χ1n) is 5.74. The van der Waals surface area contributed by atoms with E-state index in [2.05, 4.69) is 20.9 Å². The van der Waals surface area contributed by atoms with E-state index in [1.807, 2.05) is 18.2 Å². The molecule has 0 spiro atoms. The lowest BCUT2D eigenvalue weighted by atomic mass is 10.1. The van der Waals surface area contributed by atoms with Crippen LogP contribution in [0.15, 0.2) is 35.1 Å². The molecule has 2 rings (SSSR count). The van der Waals surface area contributed by atoms with Crippen LogP contribution in [0.5, 0.6) is 0 Å². The molecule has 1 unspecified atom stereocenters. The Balaban J connectivity index is 2.26. The van der Waals surface area contributed by atoms with Gasteiger partial charge in [0.2, 0.25) is 5.91 Å². The molecule has 19 heavy (non-hydrogen) atoms. The van der Waals surface area contributed by atoms with Crippen molar-refractivity contribution in [1.29, 1.82) is 0 Å². The lowest BCUT2D eigenvalue weighted by Gasteiger charge is -2.13. The second kappa shape index (κ2) is 5.75. The first kappa shape index (κ1) is 14.1. The van der Waals surface area contributed by atoms with Crippen molar-refractivity contribution in [3.8, 4) is 0 Å². The normalized spacial score (nSPS) is 12.4. The van der Waals surface area contributed by atoms with Crippen LogP contribution in [0, 0.1) is 0 Å². The molecule has 0 aliphatic rings. The number of rotatable bonds is 4. The highest BCUT2D eigenvalue weighted by Crippen LogP contribution is 2.24. The Labute approximate surface area is 124 Å². The van der Waals surface area contributed by atoms with E-state index in [-0.39, 0.29) is 5.91 Å². The van der Waals surface area contributed by atoms with Gasteiger partial charge in [-0.15, -0.1) is 0 Å². The highest BCUT2D eigenvalue weighted by atomic mass is 79.9. The second-order valence-electron chi connectivity index (χ2n) is 4.25. The minimum absolute atomic E-state index is 0.378. The maximum atomic E-state index is 11.2. The molecule has 0 aliphatic heterocycles. The van der Waals surface area contributed by atoms with E-state index >= 15 is 0 Å². The largest absolute Gasteiger partial charge is 0.368 e. The van der Waals surface area contributed by atoms with Gasteiger partial charge in [-0.1, -0.05) is 17.7 Å². The zero-order valence-corrected chi connectivity index (χ0v) is 12.6. The van der Waals surface area contributed by atoms with Crippen molar-refractivity contribution in [1.82, 2.24) is 9.55 Å². The SMILES string of the molecule is CC(C(N)=O)n1ccnc1Cc1ccc(Cl)c(Br)c1. The summed E-state index contributed by atoms with van der Waals surface area (Å²) in [6.45, 7) is 1.76. The maximum absolute atomic E-state index is 11.2. The van der Waals surface area contributed by atoms with Gasteiger partial charge in [-0.05, 0) is 40.5 Å². The molecule has 0 bridgehead atoms. The van der Waals surface area contributed by atoms with Crippen LogP contribution in [0.3, 0.4) is 0 Å².